The summed E-state index contributed by atoms with van der Waals surface area (Å²) < 4.78 is 41.5. The number of likely N-dealkylation sites (N-methyl/N-ethyl adjacent to an activating group) is 1. The monoisotopic (exact) mass is 591 g/mol. The van der Waals surface area contributed by atoms with E-state index in [0.717, 1.165) is 11.8 Å². The molecule has 1 aliphatic heterocycles. The first-order chi connectivity index (χ1) is 20.6. The Morgan fingerprint density at radius 1 is 1.02 bits per heavy atom. The highest BCUT2D eigenvalue weighted by molar-refractivity contribution is 6.04. The van der Waals surface area contributed by atoms with Gasteiger partial charge in [-0.2, -0.15) is 18.3 Å². The molecular formula is C30H28F3N7O3. The van der Waals surface area contributed by atoms with Crippen molar-refractivity contribution in [3.63, 3.8) is 0 Å². The number of para-hydroxylation sites is 1. The van der Waals surface area contributed by atoms with E-state index in [-0.39, 0.29) is 19.0 Å². The molecule has 0 saturated heterocycles. The molecule has 222 valence electrons. The number of anilines is 1. The summed E-state index contributed by atoms with van der Waals surface area (Å²) in [5, 5.41) is 10.0. The van der Waals surface area contributed by atoms with Gasteiger partial charge in [0.05, 0.1) is 11.9 Å². The summed E-state index contributed by atoms with van der Waals surface area (Å²) >= 11 is 0. The van der Waals surface area contributed by atoms with Gasteiger partial charge in [0, 0.05) is 37.2 Å². The molecule has 1 aliphatic rings. The molecule has 2 aromatic heterocycles. The fourth-order valence-corrected chi connectivity index (χ4v) is 5.07. The number of hydrogen-bond donors (Lipinski definition) is 2. The Labute approximate surface area is 244 Å². The Hall–Kier alpha value is -5.07. The molecule has 2 atom stereocenters. The van der Waals surface area contributed by atoms with Crippen LogP contribution in [0.3, 0.4) is 0 Å². The van der Waals surface area contributed by atoms with Gasteiger partial charge in [-0.3, -0.25) is 19.3 Å². The maximum absolute atomic E-state index is 14.1. The van der Waals surface area contributed by atoms with Crippen LogP contribution in [0.15, 0.2) is 73.1 Å². The second kappa shape index (κ2) is 12.0. The van der Waals surface area contributed by atoms with Gasteiger partial charge in [-0.25, -0.2) is 14.6 Å². The predicted octanol–water partition coefficient (Wildman–Crippen LogP) is 4.00. The number of nitrogens with zero attached hydrogens (tertiary/aromatic N) is 5. The van der Waals surface area contributed by atoms with E-state index in [1.54, 1.807) is 36.9 Å². The van der Waals surface area contributed by atoms with Crippen molar-refractivity contribution in [2.75, 3.05) is 11.4 Å². The van der Waals surface area contributed by atoms with E-state index in [2.05, 4.69) is 25.7 Å². The first kappa shape index (κ1) is 29.4. The fraction of sp³-hybridized carbons (Fsp3) is 0.267. The van der Waals surface area contributed by atoms with Crippen molar-refractivity contribution >= 4 is 23.5 Å². The van der Waals surface area contributed by atoms with Gasteiger partial charge >= 0.3 is 6.18 Å². The number of halogens is 3. The molecule has 3 amide bonds. The minimum Gasteiger partial charge on any atom is -0.352 e. The lowest BCUT2D eigenvalue weighted by molar-refractivity contribution is -0.141. The molecule has 10 nitrogen and oxygen atoms in total. The average molecular weight is 592 g/mol. The van der Waals surface area contributed by atoms with Crippen molar-refractivity contribution in [1.29, 1.82) is 0 Å². The summed E-state index contributed by atoms with van der Waals surface area (Å²) in [6, 6.07) is 15.9. The molecule has 0 unspecified atom stereocenters. The first-order valence-corrected chi connectivity index (χ1v) is 13.6. The van der Waals surface area contributed by atoms with Crippen LogP contribution < -0.4 is 15.5 Å². The third-order valence-electron chi connectivity index (χ3n) is 7.10. The highest BCUT2D eigenvalue weighted by atomic mass is 19.4. The third kappa shape index (κ3) is 5.96. The van der Waals surface area contributed by atoms with E-state index in [1.807, 2.05) is 42.5 Å². The largest absolute Gasteiger partial charge is 0.433 e. The number of nitrogens with one attached hydrogen (secondary N) is 2. The Kier molecular flexibility index (Phi) is 8.24. The lowest BCUT2D eigenvalue weighted by atomic mass is 9.82. The van der Waals surface area contributed by atoms with Crippen LogP contribution in [0, 0.1) is 0 Å². The smallest absolute Gasteiger partial charge is 0.352 e. The Morgan fingerprint density at radius 2 is 1.79 bits per heavy atom. The SMILES string of the molecule is CCC(=O)NCc1cccc([C@@H]2c3cnn(-c4ccccc4)c3N(CC)C(=O)[C@H]2NC(=O)c2nccc(C(F)(F)F)n2)c1. The molecule has 2 aromatic carbocycles. The van der Waals surface area contributed by atoms with Gasteiger partial charge in [0.1, 0.15) is 17.6 Å². The van der Waals surface area contributed by atoms with Crippen molar-refractivity contribution < 1.29 is 27.6 Å². The van der Waals surface area contributed by atoms with Crippen LogP contribution in [0.2, 0.25) is 0 Å². The van der Waals surface area contributed by atoms with Crippen LogP contribution in [0.25, 0.3) is 5.69 Å². The number of benzene rings is 2. The van der Waals surface area contributed by atoms with Gasteiger partial charge in [-0.05, 0) is 36.2 Å². The summed E-state index contributed by atoms with van der Waals surface area (Å²) in [5.41, 5.74) is 1.45. The van der Waals surface area contributed by atoms with Crippen LogP contribution in [-0.4, -0.2) is 50.1 Å². The number of hydrogen-bond acceptors (Lipinski definition) is 6. The maximum atomic E-state index is 14.1. The molecule has 0 bridgehead atoms. The molecule has 3 heterocycles. The number of carbonyl (C=O) groups is 3. The van der Waals surface area contributed by atoms with Gasteiger partial charge in [0.15, 0.2) is 0 Å². The van der Waals surface area contributed by atoms with Crippen molar-refractivity contribution in [3.8, 4) is 5.69 Å². The van der Waals surface area contributed by atoms with Gasteiger partial charge in [0.25, 0.3) is 11.8 Å². The van der Waals surface area contributed by atoms with Gasteiger partial charge < -0.3 is 10.6 Å². The highest BCUT2D eigenvalue weighted by Crippen LogP contribution is 2.41. The quantitative estimate of drug-likeness (QED) is 0.320. The topological polar surface area (TPSA) is 122 Å². The van der Waals surface area contributed by atoms with Crippen LogP contribution in [0.5, 0.6) is 0 Å². The summed E-state index contributed by atoms with van der Waals surface area (Å²) in [5.74, 6) is -2.63. The standard InChI is InChI=1S/C30H28F3N7O3/c1-3-23(41)35-16-18-9-8-10-19(15-18)24-21-17-36-40(20-11-6-5-7-12-20)28(21)39(4-2)29(43)25(24)38-27(42)26-34-14-13-22(37-26)30(31,32)33/h5-15,17,24-25H,3-4,16H2,1-2H3,(H,35,41)(H,38,42)/t24-,25+/m1/s1. The minimum absolute atomic E-state index is 0.130. The zero-order valence-electron chi connectivity index (χ0n) is 23.3. The second-order valence-electron chi connectivity index (χ2n) is 9.82. The summed E-state index contributed by atoms with van der Waals surface area (Å²) in [6.45, 7) is 3.99. The van der Waals surface area contributed by atoms with E-state index in [0.29, 0.717) is 35.1 Å². The molecule has 0 saturated carbocycles. The normalized spacial score (nSPS) is 16.5. The van der Waals surface area contributed by atoms with Gasteiger partial charge in [-0.15, -0.1) is 0 Å². The van der Waals surface area contributed by atoms with Crippen molar-refractivity contribution in [2.45, 2.75) is 44.9 Å². The minimum atomic E-state index is -4.78. The van der Waals surface area contributed by atoms with Crippen molar-refractivity contribution in [3.05, 3.63) is 101 Å². The number of fused-ring (bicyclic) bond motifs is 1. The molecule has 43 heavy (non-hydrogen) atoms. The van der Waals surface area contributed by atoms with Gasteiger partial charge in [-0.1, -0.05) is 49.4 Å². The number of aromatic nitrogens is 4. The average Bonchev–Trinajstić information content (AvgIpc) is 3.44. The number of rotatable bonds is 8. The molecule has 0 fully saturated rings. The predicted molar refractivity (Wildman–Crippen MR) is 150 cm³/mol. The van der Waals surface area contributed by atoms with Crippen LogP contribution in [-0.2, 0) is 22.3 Å². The van der Waals surface area contributed by atoms with E-state index in [1.165, 1.54) is 4.90 Å². The molecular weight excluding hydrogens is 563 g/mol. The van der Waals surface area contributed by atoms with Crippen molar-refractivity contribution in [2.24, 2.45) is 0 Å². The molecule has 4 aromatic rings. The number of amides is 3. The molecule has 0 radical (unpaired) electrons. The zero-order chi connectivity index (χ0) is 30.7. The van der Waals surface area contributed by atoms with E-state index < -0.39 is 41.5 Å². The van der Waals surface area contributed by atoms with E-state index in [4.69, 9.17) is 0 Å². The lowest BCUT2D eigenvalue weighted by Gasteiger charge is -2.38. The van der Waals surface area contributed by atoms with E-state index in [9.17, 15) is 27.6 Å². The van der Waals surface area contributed by atoms with Gasteiger partial charge in [0.2, 0.25) is 11.7 Å². The summed E-state index contributed by atoms with van der Waals surface area (Å²) in [4.78, 5) is 47.9. The van der Waals surface area contributed by atoms with Crippen LogP contribution in [0.4, 0.5) is 19.0 Å². The highest BCUT2D eigenvalue weighted by Gasteiger charge is 2.45. The van der Waals surface area contributed by atoms with Crippen LogP contribution >= 0.6 is 0 Å². The number of alkyl halides is 3. The van der Waals surface area contributed by atoms with Crippen molar-refractivity contribution in [1.82, 2.24) is 30.4 Å². The molecule has 2 N–H and O–H groups in total. The summed E-state index contributed by atoms with van der Waals surface area (Å²) in [7, 11) is 0. The third-order valence-corrected chi connectivity index (χ3v) is 7.10. The lowest BCUT2D eigenvalue weighted by Crippen LogP contribution is -2.55. The van der Waals surface area contributed by atoms with E-state index >= 15 is 0 Å². The summed E-state index contributed by atoms with van der Waals surface area (Å²) in [6.07, 6.45) is -2.00. The number of carbonyl (C=O) groups excluding carboxylic acids is 3. The Balaban J connectivity index is 1.60. The molecule has 5 rings (SSSR count). The molecule has 0 aliphatic carbocycles. The zero-order valence-corrected chi connectivity index (χ0v) is 23.3. The second-order valence-corrected chi connectivity index (χ2v) is 9.82. The Bertz CT molecular complexity index is 1660. The Morgan fingerprint density at radius 3 is 2.49 bits per heavy atom. The van der Waals surface area contributed by atoms with Crippen LogP contribution in [0.1, 0.15) is 59.2 Å². The first-order valence-electron chi connectivity index (χ1n) is 13.6. The molecule has 0 spiro atoms. The maximum Gasteiger partial charge on any atom is 0.433 e. The molecule has 13 heteroatoms. The fourth-order valence-electron chi connectivity index (χ4n) is 5.07.